The maximum Gasteiger partial charge on any atom is 0.160 e. The molecule has 1 aromatic heterocycles. The first kappa shape index (κ1) is 12.5. The summed E-state index contributed by atoms with van der Waals surface area (Å²) in [4.78, 5) is 0. The molecule has 4 nitrogen and oxygen atoms in total. The molecule has 2 aromatic rings. The first-order chi connectivity index (χ1) is 8.70. The van der Waals surface area contributed by atoms with Crippen LogP contribution in [0.25, 0.3) is 0 Å². The van der Waals surface area contributed by atoms with Crippen LogP contribution in [0.15, 0.2) is 41.0 Å². The molecule has 0 aliphatic rings. The fourth-order valence-electron chi connectivity index (χ4n) is 1.74. The summed E-state index contributed by atoms with van der Waals surface area (Å²) in [6.07, 6.45) is 1.66. The Morgan fingerprint density at radius 2 is 2.22 bits per heavy atom. The van der Waals surface area contributed by atoms with E-state index >= 15 is 0 Å². The van der Waals surface area contributed by atoms with Crippen molar-refractivity contribution in [3.05, 3.63) is 47.9 Å². The molecule has 0 saturated carbocycles. The van der Waals surface area contributed by atoms with Crippen molar-refractivity contribution in [3.8, 4) is 11.5 Å². The number of rotatable bonds is 5. The van der Waals surface area contributed by atoms with Crippen molar-refractivity contribution >= 4 is 0 Å². The van der Waals surface area contributed by atoms with Gasteiger partial charge in [0.2, 0.25) is 0 Å². The molecule has 1 atom stereocenters. The summed E-state index contributed by atoms with van der Waals surface area (Å²) in [6.45, 7) is 2.72. The monoisotopic (exact) mass is 247 g/mol. The number of methoxy groups -OCH3 is 1. The summed E-state index contributed by atoms with van der Waals surface area (Å²) < 4.78 is 10.4. The van der Waals surface area contributed by atoms with Crippen LogP contribution in [0.5, 0.6) is 11.5 Å². The fourth-order valence-corrected chi connectivity index (χ4v) is 1.74. The maximum atomic E-state index is 9.50. The zero-order valence-corrected chi connectivity index (χ0v) is 10.5. The van der Waals surface area contributed by atoms with E-state index in [0.717, 1.165) is 11.3 Å². The predicted octanol–water partition coefficient (Wildman–Crippen LogP) is 2.84. The highest BCUT2D eigenvalue weighted by molar-refractivity contribution is 5.41. The second-order valence-corrected chi connectivity index (χ2v) is 4.12. The Bertz CT molecular complexity index is 494. The number of benzene rings is 1. The van der Waals surface area contributed by atoms with Gasteiger partial charge in [0.15, 0.2) is 11.5 Å². The van der Waals surface area contributed by atoms with Crippen LogP contribution in [-0.2, 0) is 6.54 Å². The van der Waals surface area contributed by atoms with E-state index in [4.69, 9.17) is 9.15 Å². The lowest BCUT2D eigenvalue weighted by Crippen LogP contribution is -2.17. The van der Waals surface area contributed by atoms with E-state index in [-0.39, 0.29) is 11.8 Å². The average Bonchev–Trinajstić information content (AvgIpc) is 2.91. The Balaban J connectivity index is 1.98. The summed E-state index contributed by atoms with van der Waals surface area (Å²) >= 11 is 0. The van der Waals surface area contributed by atoms with Crippen LogP contribution < -0.4 is 10.1 Å². The molecule has 1 heterocycles. The third-order valence-electron chi connectivity index (χ3n) is 2.83. The van der Waals surface area contributed by atoms with Crippen LogP contribution in [0.1, 0.15) is 24.3 Å². The molecule has 2 rings (SSSR count). The second-order valence-electron chi connectivity index (χ2n) is 4.12. The number of hydrogen-bond donors (Lipinski definition) is 2. The quantitative estimate of drug-likeness (QED) is 0.853. The summed E-state index contributed by atoms with van der Waals surface area (Å²) in [5.41, 5.74) is 1.04. The Morgan fingerprint density at radius 3 is 2.89 bits per heavy atom. The smallest absolute Gasteiger partial charge is 0.160 e. The summed E-state index contributed by atoms with van der Waals surface area (Å²) in [5, 5.41) is 12.8. The van der Waals surface area contributed by atoms with E-state index in [1.54, 1.807) is 12.3 Å². The molecule has 0 unspecified atom stereocenters. The molecule has 2 N–H and O–H groups in total. The van der Waals surface area contributed by atoms with Gasteiger partial charge in [-0.15, -0.1) is 0 Å². The van der Waals surface area contributed by atoms with Gasteiger partial charge in [0, 0.05) is 6.54 Å². The van der Waals surface area contributed by atoms with Gasteiger partial charge in [0.05, 0.1) is 19.4 Å². The van der Waals surface area contributed by atoms with E-state index in [1.807, 2.05) is 31.2 Å². The van der Waals surface area contributed by atoms with E-state index in [2.05, 4.69) is 5.32 Å². The molecule has 4 heteroatoms. The molecule has 0 aliphatic heterocycles. The highest BCUT2D eigenvalue weighted by Crippen LogP contribution is 2.26. The Morgan fingerprint density at radius 1 is 1.39 bits per heavy atom. The van der Waals surface area contributed by atoms with Gasteiger partial charge < -0.3 is 19.6 Å². The molecule has 18 heavy (non-hydrogen) atoms. The van der Waals surface area contributed by atoms with Crippen molar-refractivity contribution in [2.45, 2.75) is 19.5 Å². The Labute approximate surface area is 106 Å². The van der Waals surface area contributed by atoms with Crippen molar-refractivity contribution in [3.63, 3.8) is 0 Å². The standard InChI is InChI=1S/C14H17NO3/c1-10(13-4-3-7-18-13)15-9-11-5-6-12(16)14(8-11)17-2/h3-8,10,15-16H,9H2,1-2H3/t10-/m0/s1. The average molecular weight is 247 g/mol. The fraction of sp³-hybridized carbons (Fsp3) is 0.286. The lowest BCUT2D eigenvalue weighted by Gasteiger charge is -2.12. The van der Waals surface area contributed by atoms with Crippen molar-refractivity contribution in [2.24, 2.45) is 0 Å². The van der Waals surface area contributed by atoms with Gasteiger partial charge in [0.25, 0.3) is 0 Å². The number of phenols is 1. The molecule has 0 amide bonds. The normalized spacial score (nSPS) is 12.3. The minimum Gasteiger partial charge on any atom is -0.504 e. The first-order valence-electron chi connectivity index (χ1n) is 5.83. The Hall–Kier alpha value is -1.94. The molecule has 0 spiro atoms. The summed E-state index contributed by atoms with van der Waals surface area (Å²) in [5.74, 6) is 1.54. The maximum absolute atomic E-state index is 9.50. The molecule has 0 radical (unpaired) electrons. The molecule has 1 aromatic carbocycles. The summed E-state index contributed by atoms with van der Waals surface area (Å²) in [7, 11) is 1.54. The first-order valence-corrected chi connectivity index (χ1v) is 5.83. The number of furan rings is 1. The molecular formula is C14H17NO3. The van der Waals surface area contributed by atoms with Crippen molar-refractivity contribution in [2.75, 3.05) is 7.11 Å². The SMILES string of the molecule is COc1cc(CN[C@@H](C)c2ccco2)ccc1O. The number of ether oxygens (including phenoxy) is 1. The largest absolute Gasteiger partial charge is 0.504 e. The molecular weight excluding hydrogens is 230 g/mol. The van der Waals surface area contributed by atoms with E-state index < -0.39 is 0 Å². The van der Waals surface area contributed by atoms with Gasteiger partial charge in [0.1, 0.15) is 5.76 Å². The van der Waals surface area contributed by atoms with E-state index in [0.29, 0.717) is 12.3 Å². The highest BCUT2D eigenvalue weighted by Gasteiger charge is 2.08. The van der Waals surface area contributed by atoms with Crippen molar-refractivity contribution < 1.29 is 14.3 Å². The highest BCUT2D eigenvalue weighted by atomic mass is 16.5. The zero-order chi connectivity index (χ0) is 13.0. The third-order valence-corrected chi connectivity index (χ3v) is 2.83. The third kappa shape index (κ3) is 2.84. The van der Waals surface area contributed by atoms with Crippen LogP contribution in [0.3, 0.4) is 0 Å². The molecule has 0 bridgehead atoms. The number of aromatic hydroxyl groups is 1. The van der Waals surface area contributed by atoms with Crippen LogP contribution >= 0.6 is 0 Å². The molecule has 96 valence electrons. The lowest BCUT2D eigenvalue weighted by molar-refractivity contribution is 0.372. The number of nitrogens with one attached hydrogen (secondary N) is 1. The predicted molar refractivity (Wildman–Crippen MR) is 68.6 cm³/mol. The lowest BCUT2D eigenvalue weighted by atomic mass is 10.2. The minimum atomic E-state index is 0.139. The van der Waals surface area contributed by atoms with Crippen LogP contribution in [-0.4, -0.2) is 12.2 Å². The van der Waals surface area contributed by atoms with Crippen molar-refractivity contribution in [1.82, 2.24) is 5.32 Å². The minimum absolute atomic E-state index is 0.139. The van der Waals surface area contributed by atoms with E-state index in [1.165, 1.54) is 7.11 Å². The van der Waals surface area contributed by atoms with Gasteiger partial charge >= 0.3 is 0 Å². The van der Waals surface area contributed by atoms with Crippen molar-refractivity contribution in [1.29, 1.82) is 0 Å². The van der Waals surface area contributed by atoms with Gasteiger partial charge in [-0.2, -0.15) is 0 Å². The van der Waals surface area contributed by atoms with Crippen LogP contribution in [0, 0.1) is 0 Å². The second kappa shape index (κ2) is 5.60. The summed E-state index contributed by atoms with van der Waals surface area (Å²) in [6, 6.07) is 9.26. The zero-order valence-electron chi connectivity index (χ0n) is 10.5. The van der Waals surface area contributed by atoms with Crippen LogP contribution in [0.4, 0.5) is 0 Å². The van der Waals surface area contributed by atoms with Gasteiger partial charge in [-0.3, -0.25) is 0 Å². The van der Waals surface area contributed by atoms with Gasteiger partial charge in [-0.25, -0.2) is 0 Å². The van der Waals surface area contributed by atoms with Crippen LogP contribution in [0.2, 0.25) is 0 Å². The van der Waals surface area contributed by atoms with Gasteiger partial charge in [-0.1, -0.05) is 6.07 Å². The number of hydrogen-bond acceptors (Lipinski definition) is 4. The molecule has 0 fully saturated rings. The molecule has 0 aliphatic carbocycles. The molecule has 0 saturated heterocycles. The Kier molecular flexibility index (Phi) is 3.89. The number of phenolic OH excluding ortho intramolecular Hbond substituents is 1. The topological polar surface area (TPSA) is 54.6 Å². The van der Waals surface area contributed by atoms with E-state index in [9.17, 15) is 5.11 Å². The van der Waals surface area contributed by atoms with Gasteiger partial charge in [-0.05, 0) is 36.8 Å².